The second-order valence-electron chi connectivity index (χ2n) is 9.49. The van der Waals surface area contributed by atoms with Gasteiger partial charge in [-0.05, 0) is 44.1 Å². The first-order valence-electron chi connectivity index (χ1n) is 11.8. The second-order valence-corrected chi connectivity index (χ2v) is 12.2. The van der Waals surface area contributed by atoms with E-state index in [1.165, 1.54) is 11.7 Å². The predicted molar refractivity (Wildman–Crippen MR) is 128 cm³/mol. The van der Waals surface area contributed by atoms with Crippen molar-refractivity contribution >= 4 is 44.1 Å². The number of alkyl halides is 4. The Balaban J connectivity index is 1.40. The molecule has 200 valence electrons. The van der Waals surface area contributed by atoms with Crippen LogP contribution in [0.25, 0.3) is 0 Å². The summed E-state index contributed by atoms with van der Waals surface area (Å²) in [6.07, 6.45) is -3.56. The van der Waals surface area contributed by atoms with Crippen molar-refractivity contribution in [2.45, 2.75) is 74.3 Å². The lowest BCUT2D eigenvalue weighted by molar-refractivity contribution is -0.117. The number of halogens is 4. The molecule has 9 nitrogen and oxygen atoms in total. The standard InChI is InChI=1S/C22H24F4N6O3S2/c1-32-18(8-16(30-32)20(25)26)28-9-27-11-2-3-17-14(6-11)19(37(34,35)31-12-4-10(23)5-12)22(36-17)29-21(33)13-7-15(13)24/h8,10-13,15,20,31H,2-7H2,1H3,(H,29,33)/t10?,11-,12?,13?,15?/m0/s1. The molecule has 3 aliphatic rings. The summed E-state index contributed by atoms with van der Waals surface area (Å²) in [5.74, 6) is -1.23. The molecule has 3 atom stereocenters. The third-order valence-electron chi connectivity index (χ3n) is 6.65. The highest BCUT2D eigenvalue weighted by molar-refractivity contribution is 7.90. The monoisotopic (exact) mass is 560 g/mol. The highest BCUT2D eigenvalue weighted by atomic mass is 32.2. The van der Waals surface area contributed by atoms with Crippen molar-refractivity contribution in [1.82, 2.24) is 14.5 Å². The SMILES string of the molecule is Cn1nc(C(F)F)cc1N=C=N[C@H]1CCc2sc(NC(=O)C3CC3F)c(S(=O)(=O)NC3CC(F)C3)c2C1. The minimum absolute atomic E-state index is 0.0729. The molecule has 3 aliphatic carbocycles. The molecule has 15 heteroatoms. The van der Waals surface area contributed by atoms with Gasteiger partial charge in [0.05, 0.1) is 18.0 Å². The molecule has 2 unspecified atom stereocenters. The van der Waals surface area contributed by atoms with Crippen LogP contribution in [0.1, 0.15) is 48.2 Å². The maximum Gasteiger partial charge on any atom is 0.282 e. The zero-order valence-electron chi connectivity index (χ0n) is 19.6. The number of fused-ring (bicyclic) bond motifs is 1. The van der Waals surface area contributed by atoms with Crippen molar-refractivity contribution in [2.75, 3.05) is 5.32 Å². The van der Waals surface area contributed by atoms with Crippen LogP contribution in [-0.4, -0.2) is 54.5 Å². The zero-order chi connectivity index (χ0) is 26.5. The lowest BCUT2D eigenvalue weighted by Gasteiger charge is -2.30. The molecular weight excluding hydrogens is 536 g/mol. The van der Waals surface area contributed by atoms with Crippen LogP contribution < -0.4 is 10.0 Å². The highest BCUT2D eigenvalue weighted by Gasteiger charge is 2.45. The Morgan fingerprint density at radius 1 is 1.30 bits per heavy atom. The highest BCUT2D eigenvalue weighted by Crippen LogP contribution is 2.43. The smallest absolute Gasteiger partial charge is 0.282 e. The van der Waals surface area contributed by atoms with Gasteiger partial charge in [0.2, 0.25) is 15.9 Å². The van der Waals surface area contributed by atoms with Crippen molar-refractivity contribution in [3.63, 3.8) is 0 Å². The van der Waals surface area contributed by atoms with E-state index >= 15 is 0 Å². The summed E-state index contributed by atoms with van der Waals surface area (Å²) in [6.45, 7) is 0. The number of nitrogens with one attached hydrogen (secondary N) is 2. The van der Waals surface area contributed by atoms with E-state index in [1.807, 2.05) is 0 Å². The first-order chi connectivity index (χ1) is 17.5. The molecule has 37 heavy (non-hydrogen) atoms. The van der Waals surface area contributed by atoms with Gasteiger partial charge in [0.1, 0.15) is 27.9 Å². The Bertz CT molecular complexity index is 1380. The Hall–Kier alpha value is -2.61. The van der Waals surface area contributed by atoms with Crippen molar-refractivity contribution in [1.29, 1.82) is 0 Å². The number of rotatable bonds is 8. The number of nitrogens with zero attached hydrogens (tertiary/aromatic N) is 4. The molecule has 5 rings (SSSR count). The number of carbonyl (C=O) groups excluding carboxylic acids is 1. The molecular formula is C22H24F4N6O3S2. The maximum absolute atomic E-state index is 13.4. The molecule has 2 heterocycles. The van der Waals surface area contributed by atoms with Crippen LogP contribution in [0.5, 0.6) is 0 Å². The lowest BCUT2D eigenvalue weighted by Crippen LogP contribution is -2.45. The minimum Gasteiger partial charge on any atom is -0.316 e. The third kappa shape index (κ3) is 5.49. The number of sulfonamides is 1. The van der Waals surface area contributed by atoms with Gasteiger partial charge < -0.3 is 5.32 Å². The van der Waals surface area contributed by atoms with Gasteiger partial charge in [-0.2, -0.15) is 10.1 Å². The number of amides is 1. The first kappa shape index (κ1) is 26.0. The number of aliphatic imine (C=N–C) groups is 2. The Labute approximate surface area is 214 Å². The van der Waals surface area contributed by atoms with Crippen LogP contribution in [0.3, 0.4) is 0 Å². The van der Waals surface area contributed by atoms with E-state index < -0.39 is 58.4 Å². The van der Waals surface area contributed by atoms with E-state index in [9.17, 15) is 30.8 Å². The van der Waals surface area contributed by atoms with Crippen LogP contribution in [0.2, 0.25) is 0 Å². The predicted octanol–water partition coefficient (Wildman–Crippen LogP) is 3.86. The average molecular weight is 561 g/mol. The number of aryl methyl sites for hydroxylation is 2. The van der Waals surface area contributed by atoms with Gasteiger partial charge in [0.25, 0.3) is 6.43 Å². The fourth-order valence-electron chi connectivity index (χ4n) is 4.43. The quantitative estimate of drug-likeness (QED) is 0.377. The van der Waals surface area contributed by atoms with Gasteiger partial charge in [-0.3, -0.25) is 4.79 Å². The summed E-state index contributed by atoms with van der Waals surface area (Å²) in [7, 11) is -2.65. The van der Waals surface area contributed by atoms with Gasteiger partial charge in [-0.25, -0.2) is 40.4 Å². The summed E-state index contributed by atoms with van der Waals surface area (Å²) < 4.78 is 82.8. The zero-order valence-corrected chi connectivity index (χ0v) is 21.3. The van der Waals surface area contributed by atoms with E-state index in [1.54, 1.807) is 0 Å². The van der Waals surface area contributed by atoms with Crippen LogP contribution in [-0.2, 0) is 34.7 Å². The fourth-order valence-corrected chi connectivity index (χ4v) is 7.67. The van der Waals surface area contributed by atoms with E-state index in [2.05, 4.69) is 31.1 Å². The molecule has 0 bridgehead atoms. The fraction of sp³-hybridized carbons (Fsp3) is 0.591. The van der Waals surface area contributed by atoms with Crippen molar-refractivity contribution in [2.24, 2.45) is 23.0 Å². The van der Waals surface area contributed by atoms with E-state index in [0.717, 1.165) is 22.3 Å². The van der Waals surface area contributed by atoms with Crippen molar-refractivity contribution in [3.8, 4) is 0 Å². The lowest BCUT2D eigenvalue weighted by atomic mass is 9.92. The van der Waals surface area contributed by atoms with E-state index in [4.69, 9.17) is 0 Å². The summed E-state index contributed by atoms with van der Waals surface area (Å²) in [5, 5.41) is 6.38. The van der Waals surface area contributed by atoms with Gasteiger partial charge >= 0.3 is 0 Å². The van der Waals surface area contributed by atoms with Gasteiger partial charge in [-0.1, -0.05) is 0 Å². The van der Waals surface area contributed by atoms with Crippen LogP contribution in [0, 0.1) is 5.92 Å². The summed E-state index contributed by atoms with van der Waals surface area (Å²) in [6, 6.07) is 2.69. The number of thiophene rings is 1. The van der Waals surface area contributed by atoms with Crippen LogP contribution >= 0.6 is 11.3 Å². The van der Waals surface area contributed by atoms with E-state index in [-0.39, 0.29) is 41.4 Å². The van der Waals surface area contributed by atoms with Gasteiger partial charge in [0.15, 0.2) is 5.82 Å². The van der Waals surface area contributed by atoms with E-state index in [0.29, 0.717) is 18.4 Å². The average Bonchev–Trinajstić information content (AvgIpc) is 3.25. The number of carbonyl (C=O) groups is 1. The molecule has 2 saturated carbocycles. The van der Waals surface area contributed by atoms with Gasteiger partial charge in [0, 0.05) is 24.0 Å². The second kappa shape index (κ2) is 9.93. The molecule has 0 aromatic carbocycles. The molecule has 2 aromatic heterocycles. The number of aromatic nitrogens is 2. The summed E-state index contributed by atoms with van der Waals surface area (Å²) >= 11 is 1.13. The maximum atomic E-state index is 13.4. The van der Waals surface area contributed by atoms with Crippen molar-refractivity contribution in [3.05, 3.63) is 22.2 Å². The largest absolute Gasteiger partial charge is 0.316 e. The van der Waals surface area contributed by atoms with Gasteiger partial charge in [-0.15, -0.1) is 11.3 Å². The van der Waals surface area contributed by atoms with Crippen LogP contribution in [0.15, 0.2) is 20.9 Å². The number of hydrogen-bond donors (Lipinski definition) is 2. The first-order valence-corrected chi connectivity index (χ1v) is 14.0. The number of anilines is 1. The normalized spacial score (nSPS) is 26.7. The molecule has 0 radical (unpaired) electrons. The number of hydrogen-bond acceptors (Lipinski definition) is 7. The molecule has 2 N–H and O–H groups in total. The van der Waals surface area contributed by atoms with Crippen molar-refractivity contribution < 1.29 is 30.8 Å². The third-order valence-corrected chi connectivity index (χ3v) is 9.61. The Kier molecular flexibility index (Phi) is 6.98. The molecule has 0 aliphatic heterocycles. The molecule has 1 amide bonds. The minimum atomic E-state index is -4.12. The summed E-state index contributed by atoms with van der Waals surface area (Å²) in [5.41, 5.74) is 0.0650. The molecule has 2 fully saturated rings. The molecule has 2 aromatic rings. The Morgan fingerprint density at radius 3 is 2.65 bits per heavy atom. The van der Waals surface area contributed by atoms with Crippen LogP contribution in [0.4, 0.5) is 28.4 Å². The molecule has 0 saturated heterocycles. The Morgan fingerprint density at radius 2 is 2.03 bits per heavy atom. The summed E-state index contributed by atoms with van der Waals surface area (Å²) in [4.78, 5) is 21.3. The molecule has 0 spiro atoms. The topological polar surface area (TPSA) is 118 Å².